The number of hydrogen-bond acceptors (Lipinski definition) is 4. The molecule has 0 aliphatic carbocycles. The molecule has 1 saturated heterocycles. The largest absolute Gasteiger partial charge is 0.416 e. The van der Waals surface area contributed by atoms with Crippen LogP contribution < -0.4 is 4.90 Å². The van der Waals surface area contributed by atoms with Crippen molar-refractivity contribution < 1.29 is 22.7 Å². The van der Waals surface area contributed by atoms with Gasteiger partial charge in [-0.15, -0.1) is 0 Å². The molecule has 0 N–H and O–H groups in total. The lowest BCUT2D eigenvalue weighted by atomic mass is 10.1. The zero-order valence-corrected chi connectivity index (χ0v) is 14.1. The van der Waals surface area contributed by atoms with Gasteiger partial charge < -0.3 is 14.5 Å². The third-order valence-electron chi connectivity index (χ3n) is 4.03. The first kappa shape index (κ1) is 18.3. The number of morpholine rings is 1. The van der Waals surface area contributed by atoms with E-state index in [1.54, 1.807) is 6.07 Å². The van der Waals surface area contributed by atoms with Crippen LogP contribution in [0.5, 0.6) is 0 Å². The molecule has 2 aromatic rings. The summed E-state index contributed by atoms with van der Waals surface area (Å²) >= 11 is 0. The van der Waals surface area contributed by atoms with Crippen molar-refractivity contribution in [3.8, 4) is 0 Å². The summed E-state index contributed by atoms with van der Waals surface area (Å²) in [5.41, 5.74) is 1.70. The molecule has 1 heterocycles. The number of halogens is 3. The predicted octanol–water partition coefficient (Wildman–Crippen LogP) is 4.09. The summed E-state index contributed by atoms with van der Waals surface area (Å²) in [6.07, 6.45) is -2.82. The van der Waals surface area contributed by atoms with Gasteiger partial charge >= 0.3 is 6.18 Å². The van der Waals surface area contributed by atoms with Gasteiger partial charge in [0.2, 0.25) is 0 Å². The number of alkyl halides is 3. The molecule has 0 spiro atoms. The summed E-state index contributed by atoms with van der Waals surface area (Å²) in [5, 5.41) is 3.83. The Morgan fingerprint density at radius 2 is 1.81 bits per heavy atom. The Balaban J connectivity index is 1.52. The SMILES string of the molecule is FC(F)(F)c1cccc(CON=Cc2ccc(N3CCOCC3)cc2)c1. The van der Waals surface area contributed by atoms with Crippen LogP contribution in [0.4, 0.5) is 18.9 Å². The van der Waals surface area contributed by atoms with Crippen molar-refractivity contribution in [2.24, 2.45) is 5.16 Å². The summed E-state index contributed by atoms with van der Waals surface area (Å²) in [6.45, 7) is 3.17. The van der Waals surface area contributed by atoms with E-state index in [0.29, 0.717) is 5.56 Å². The molecule has 1 fully saturated rings. The Morgan fingerprint density at radius 1 is 1.08 bits per heavy atom. The summed E-state index contributed by atoms with van der Waals surface area (Å²) in [7, 11) is 0. The van der Waals surface area contributed by atoms with E-state index in [4.69, 9.17) is 9.57 Å². The monoisotopic (exact) mass is 364 g/mol. The van der Waals surface area contributed by atoms with E-state index in [0.717, 1.165) is 49.7 Å². The molecule has 0 amide bonds. The molecule has 0 atom stereocenters. The quantitative estimate of drug-likeness (QED) is 0.592. The van der Waals surface area contributed by atoms with Crippen LogP contribution >= 0.6 is 0 Å². The number of nitrogens with zero attached hydrogens (tertiary/aromatic N) is 2. The standard InChI is InChI=1S/C19H19F3N2O2/c20-19(21,22)17-3-1-2-16(12-17)14-26-23-13-15-4-6-18(7-5-15)24-8-10-25-11-9-24/h1-7,12-13H,8-11,14H2. The van der Waals surface area contributed by atoms with Crippen molar-refractivity contribution in [1.29, 1.82) is 0 Å². The minimum Gasteiger partial charge on any atom is -0.391 e. The van der Waals surface area contributed by atoms with Crippen LogP contribution in [0.3, 0.4) is 0 Å². The van der Waals surface area contributed by atoms with Gasteiger partial charge in [0.25, 0.3) is 0 Å². The molecule has 3 rings (SSSR count). The molecule has 0 radical (unpaired) electrons. The molecule has 0 bridgehead atoms. The fraction of sp³-hybridized carbons (Fsp3) is 0.316. The Bertz CT molecular complexity index is 739. The molecule has 26 heavy (non-hydrogen) atoms. The van der Waals surface area contributed by atoms with Crippen molar-refractivity contribution in [2.75, 3.05) is 31.2 Å². The third-order valence-corrected chi connectivity index (χ3v) is 4.03. The molecule has 7 heteroatoms. The first-order valence-corrected chi connectivity index (χ1v) is 8.26. The maximum Gasteiger partial charge on any atom is 0.416 e. The molecule has 0 unspecified atom stereocenters. The van der Waals surface area contributed by atoms with Gasteiger partial charge in [-0.3, -0.25) is 0 Å². The van der Waals surface area contributed by atoms with E-state index >= 15 is 0 Å². The van der Waals surface area contributed by atoms with Crippen molar-refractivity contribution in [1.82, 2.24) is 0 Å². The van der Waals surface area contributed by atoms with E-state index in [-0.39, 0.29) is 6.61 Å². The summed E-state index contributed by atoms with van der Waals surface area (Å²) in [4.78, 5) is 7.36. The minimum atomic E-state index is -4.36. The average molecular weight is 364 g/mol. The summed E-state index contributed by atoms with van der Waals surface area (Å²) in [5.74, 6) is 0. The highest BCUT2D eigenvalue weighted by molar-refractivity contribution is 5.79. The topological polar surface area (TPSA) is 34.1 Å². The molecule has 1 aliphatic heterocycles. The second-order valence-electron chi connectivity index (χ2n) is 5.90. The fourth-order valence-electron chi connectivity index (χ4n) is 2.64. The van der Waals surface area contributed by atoms with Crippen LogP contribution in [0.1, 0.15) is 16.7 Å². The number of anilines is 1. The molecule has 0 saturated carbocycles. The Kier molecular flexibility index (Phi) is 5.78. The molecule has 0 aromatic heterocycles. The molecule has 138 valence electrons. The molecule has 2 aromatic carbocycles. The molecule has 4 nitrogen and oxygen atoms in total. The second kappa shape index (κ2) is 8.23. The number of hydrogen-bond donors (Lipinski definition) is 0. The first-order valence-electron chi connectivity index (χ1n) is 8.26. The van der Waals surface area contributed by atoms with Crippen molar-refractivity contribution in [3.63, 3.8) is 0 Å². The zero-order chi connectivity index (χ0) is 18.4. The number of benzene rings is 2. The summed E-state index contributed by atoms with van der Waals surface area (Å²) < 4.78 is 43.3. The normalized spacial score (nSPS) is 15.4. The number of oxime groups is 1. The molecular formula is C19H19F3N2O2. The number of ether oxygens (including phenoxy) is 1. The lowest BCUT2D eigenvalue weighted by Crippen LogP contribution is -2.36. The van der Waals surface area contributed by atoms with Crippen molar-refractivity contribution in [3.05, 3.63) is 65.2 Å². The second-order valence-corrected chi connectivity index (χ2v) is 5.90. The first-order chi connectivity index (χ1) is 12.5. The maximum atomic E-state index is 12.7. The van der Waals surface area contributed by atoms with Gasteiger partial charge in [-0.05, 0) is 35.4 Å². The van der Waals surface area contributed by atoms with Gasteiger partial charge in [0.15, 0.2) is 0 Å². The number of rotatable bonds is 5. The van der Waals surface area contributed by atoms with Crippen LogP contribution in [0.2, 0.25) is 0 Å². The lowest BCUT2D eigenvalue weighted by molar-refractivity contribution is -0.137. The highest BCUT2D eigenvalue weighted by Gasteiger charge is 2.30. The van der Waals surface area contributed by atoms with Gasteiger partial charge in [0.05, 0.1) is 25.0 Å². The Labute approximate surface area is 149 Å². The van der Waals surface area contributed by atoms with Crippen LogP contribution in [0.15, 0.2) is 53.7 Å². The predicted molar refractivity (Wildman–Crippen MR) is 93.3 cm³/mol. The van der Waals surface area contributed by atoms with Crippen LogP contribution in [0, 0.1) is 0 Å². The molecular weight excluding hydrogens is 345 g/mol. The molecule has 1 aliphatic rings. The highest BCUT2D eigenvalue weighted by Crippen LogP contribution is 2.29. The van der Waals surface area contributed by atoms with E-state index in [1.807, 2.05) is 24.3 Å². The van der Waals surface area contributed by atoms with Gasteiger partial charge in [0.1, 0.15) is 6.61 Å². The third kappa shape index (κ3) is 4.98. The van der Waals surface area contributed by atoms with Crippen LogP contribution in [0.25, 0.3) is 0 Å². The van der Waals surface area contributed by atoms with Crippen LogP contribution in [-0.4, -0.2) is 32.5 Å². The average Bonchev–Trinajstić information content (AvgIpc) is 2.66. The summed E-state index contributed by atoms with van der Waals surface area (Å²) in [6, 6.07) is 12.9. The fourth-order valence-corrected chi connectivity index (χ4v) is 2.64. The zero-order valence-electron chi connectivity index (χ0n) is 14.1. The van der Waals surface area contributed by atoms with Gasteiger partial charge in [-0.25, -0.2) is 0 Å². The van der Waals surface area contributed by atoms with Gasteiger partial charge in [-0.2, -0.15) is 13.2 Å². The van der Waals surface area contributed by atoms with Crippen molar-refractivity contribution >= 4 is 11.9 Å². The van der Waals surface area contributed by atoms with E-state index in [2.05, 4.69) is 10.1 Å². The van der Waals surface area contributed by atoms with E-state index in [9.17, 15) is 13.2 Å². The van der Waals surface area contributed by atoms with E-state index in [1.165, 1.54) is 12.3 Å². The van der Waals surface area contributed by atoms with Crippen LogP contribution in [-0.2, 0) is 22.4 Å². The lowest BCUT2D eigenvalue weighted by Gasteiger charge is -2.28. The Morgan fingerprint density at radius 3 is 2.50 bits per heavy atom. The minimum absolute atomic E-state index is 0.0215. The van der Waals surface area contributed by atoms with E-state index < -0.39 is 11.7 Å². The van der Waals surface area contributed by atoms with Crippen molar-refractivity contribution in [2.45, 2.75) is 12.8 Å². The maximum absolute atomic E-state index is 12.7. The van der Waals surface area contributed by atoms with Gasteiger partial charge in [0, 0.05) is 18.8 Å². The highest BCUT2D eigenvalue weighted by atomic mass is 19.4. The smallest absolute Gasteiger partial charge is 0.391 e. The Hall–Kier alpha value is -2.54. The van der Waals surface area contributed by atoms with Gasteiger partial charge in [-0.1, -0.05) is 29.4 Å².